The Labute approximate surface area is 91.6 Å². The summed E-state index contributed by atoms with van der Waals surface area (Å²) >= 11 is 1.12. The highest BCUT2D eigenvalue weighted by molar-refractivity contribution is 7.11. The van der Waals surface area contributed by atoms with Crippen molar-refractivity contribution >= 4 is 11.3 Å². The van der Waals surface area contributed by atoms with Crippen molar-refractivity contribution in [2.75, 3.05) is 14.1 Å². The Kier molecular flexibility index (Phi) is 2.60. The van der Waals surface area contributed by atoms with Gasteiger partial charge in [0, 0.05) is 10.6 Å². The van der Waals surface area contributed by atoms with Gasteiger partial charge in [0.1, 0.15) is 19.9 Å². The van der Waals surface area contributed by atoms with Crippen LogP contribution < -0.4 is 14.5 Å². The SMILES string of the molecule is C[N+](C)=c1oc(-c2ccccc2)c([O-])s1. The molecule has 0 radical (unpaired) electrons. The normalized spacial score (nSPS) is 10.3. The maximum absolute atomic E-state index is 11.6. The summed E-state index contributed by atoms with van der Waals surface area (Å²) < 4.78 is 7.28. The van der Waals surface area contributed by atoms with Crippen LogP contribution in [0.1, 0.15) is 0 Å². The molecule has 1 aromatic heterocycles. The van der Waals surface area contributed by atoms with Crippen molar-refractivity contribution in [1.29, 1.82) is 0 Å². The van der Waals surface area contributed by atoms with Crippen LogP contribution in [0.15, 0.2) is 34.7 Å². The van der Waals surface area contributed by atoms with Crippen molar-refractivity contribution in [1.82, 2.24) is 4.58 Å². The van der Waals surface area contributed by atoms with Crippen LogP contribution in [0.25, 0.3) is 11.3 Å². The quantitative estimate of drug-likeness (QED) is 0.677. The molecule has 0 fully saturated rings. The van der Waals surface area contributed by atoms with Gasteiger partial charge in [-0.2, -0.15) is 4.58 Å². The molecule has 2 rings (SSSR count). The first-order valence-corrected chi connectivity index (χ1v) is 5.37. The lowest BCUT2D eigenvalue weighted by molar-refractivity contribution is -0.261. The summed E-state index contributed by atoms with van der Waals surface area (Å²) in [6, 6.07) is 9.42. The van der Waals surface area contributed by atoms with Crippen LogP contribution in [0.4, 0.5) is 0 Å². The van der Waals surface area contributed by atoms with E-state index in [-0.39, 0.29) is 5.06 Å². The van der Waals surface area contributed by atoms with E-state index in [2.05, 4.69) is 0 Å². The van der Waals surface area contributed by atoms with Crippen LogP contribution in [0.2, 0.25) is 0 Å². The van der Waals surface area contributed by atoms with Gasteiger partial charge in [0.25, 0.3) is 0 Å². The number of hydrogen-bond donors (Lipinski definition) is 0. The lowest BCUT2D eigenvalue weighted by Crippen LogP contribution is -2.16. The van der Waals surface area contributed by atoms with Crippen molar-refractivity contribution in [3.63, 3.8) is 0 Å². The summed E-state index contributed by atoms with van der Waals surface area (Å²) in [5, 5.41) is 11.6. The molecule has 0 saturated carbocycles. The van der Waals surface area contributed by atoms with E-state index in [1.165, 1.54) is 0 Å². The molecule has 1 aromatic carbocycles. The van der Waals surface area contributed by atoms with Crippen molar-refractivity contribution < 1.29 is 9.52 Å². The molecule has 0 bridgehead atoms. The zero-order valence-corrected chi connectivity index (χ0v) is 9.38. The van der Waals surface area contributed by atoms with E-state index in [1.807, 2.05) is 44.4 Å². The zero-order chi connectivity index (χ0) is 10.8. The molecule has 0 N–H and O–H groups in total. The maximum atomic E-state index is 11.6. The topological polar surface area (TPSA) is 39.2 Å². The fourth-order valence-corrected chi connectivity index (χ4v) is 1.94. The van der Waals surface area contributed by atoms with E-state index < -0.39 is 0 Å². The molecule has 3 nitrogen and oxygen atoms in total. The fraction of sp³-hybridized carbons (Fsp3) is 0.182. The molecule has 15 heavy (non-hydrogen) atoms. The zero-order valence-electron chi connectivity index (χ0n) is 8.56. The van der Waals surface area contributed by atoms with Crippen LogP contribution in [0, 0.1) is 0 Å². The Bertz CT molecular complexity index is 521. The van der Waals surface area contributed by atoms with E-state index in [0.29, 0.717) is 10.6 Å². The van der Waals surface area contributed by atoms with Crippen LogP contribution in [0.5, 0.6) is 5.06 Å². The average Bonchev–Trinajstić information content (AvgIpc) is 2.62. The highest BCUT2D eigenvalue weighted by Gasteiger charge is 2.07. The molecule has 0 saturated heterocycles. The predicted molar refractivity (Wildman–Crippen MR) is 58.6 cm³/mol. The van der Waals surface area contributed by atoms with E-state index in [0.717, 1.165) is 16.9 Å². The van der Waals surface area contributed by atoms with Crippen molar-refractivity contribution in [3.05, 3.63) is 35.2 Å². The molecule has 1 heterocycles. The summed E-state index contributed by atoms with van der Waals surface area (Å²) in [5.41, 5.74) is 0.826. The van der Waals surface area contributed by atoms with Gasteiger partial charge in [-0.05, 0) is 11.3 Å². The smallest absolute Gasteiger partial charge is 0.429 e. The fourth-order valence-electron chi connectivity index (χ4n) is 1.22. The first-order chi connectivity index (χ1) is 7.18. The second-order valence-corrected chi connectivity index (χ2v) is 4.27. The first kappa shape index (κ1) is 9.98. The van der Waals surface area contributed by atoms with Gasteiger partial charge >= 0.3 is 4.87 Å². The largest absolute Gasteiger partial charge is 0.862 e. The van der Waals surface area contributed by atoms with Gasteiger partial charge in [-0.25, -0.2) is 0 Å². The molecule has 4 heteroatoms. The summed E-state index contributed by atoms with van der Waals surface area (Å²) in [4.78, 5) is 0.624. The molecule has 78 valence electrons. The second-order valence-electron chi connectivity index (χ2n) is 3.35. The summed E-state index contributed by atoms with van der Waals surface area (Å²) in [6.07, 6.45) is 0. The molecule has 0 spiro atoms. The van der Waals surface area contributed by atoms with Crippen LogP contribution >= 0.6 is 11.3 Å². The molecule has 0 aliphatic rings. The van der Waals surface area contributed by atoms with Crippen LogP contribution in [0.3, 0.4) is 0 Å². The Balaban J connectivity index is 2.61. The Morgan fingerprint density at radius 1 is 1.20 bits per heavy atom. The van der Waals surface area contributed by atoms with Gasteiger partial charge in [-0.15, -0.1) is 0 Å². The number of benzene rings is 1. The van der Waals surface area contributed by atoms with Crippen molar-refractivity contribution in [2.45, 2.75) is 0 Å². The minimum absolute atomic E-state index is 0.0371. The summed E-state index contributed by atoms with van der Waals surface area (Å²) in [5.74, 6) is 0.421. The minimum atomic E-state index is -0.0371. The van der Waals surface area contributed by atoms with Gasteiger partial charge in [0.05, 0.1) is 0 Å². The lowest BCUT2D eigenvalue weighted by atomic mass is 10.2. The number of hydrogen-bond acceptors (Lipinski definition) is 3. The van der Waals surface area contributed by atoms with Gasteiger partial charge in [-0.1, -0.05) is 30.3 Å². The molecule has 0 unspecified atom stereocenters. The molecule has 2 aromatic rings. The van der Waals surface area contributed by atoms with Crippen molar-refractivity contribution in [3.8, 4) is 16.4 Å². The summed E-state index contributed by atoms with van der Waals surface area (Å²) in [7, 11) is 3.70. The average molecular weight is 221 g/mol. The monoisotopic (exact) mass is 221 g/mol. The standard InChI is InChI=1S/C11H11NO2S/c1-12(2)11-14-9(10(13)15-11)8-6-4-3-5-7-8/h3-7H,1-2H3. The van der Waals surface area contributed by atoms with Gasteiger partial charge < -0.3 is 9.52 Å². The second kappa shape index (κ2) is 3.90. The Morgan fingerprint density at radius 3 is 2.40 bits per heavy atom. The highest BCUT2D eigenvalue weighted by Crippen LogP contribution is 2.28. The third-order valence-electron chi connectivity index (χ3n) is 1.96. The molecular formula is C11H11NO2S. The van der Waals surface area contributed by atoms with Crippen LogP contribution in [-0.2, 0) is 0 Å². The Morgan fingerprint density at radius 2 is 1.87 bits per heavy atom. The van der Waals surface area contributed by atoms with Gasteiger partial charge in [-0.3, -0.25) is 0 Å². The predicted octanol–water partition coefficient (Wildman–Crippen LogP) is 1.11. The number of nitrogens with zero attached hydrogens (tertiary/aromatic N) is 1. The first-order valence-electron chi connectivity index (χ1n) is 4.55. The molecular weight excluding hydrogens is 210 g/mol. The lowest BCUT2D eigenvalue weighted by Gasteiger charge is -2.01. The number of rotatable bonds is 1. The third kappa shape index (κ3) is 1.94. The maximum Gasteiger partial charge on any atom is 0.429 e. The molecule has 0 aliphatic carbocycles. The molecule has 0 amide bonds. The van der Waals surface area contributed by atoms with Gasteiger partial charge in [0.15, 0.2) is 0 Å². The van der Waals surface area contributed by atoms with Gasteiger partial charge in [0.2, 0.25) is 0 Å². The third-order valence-corrected chi connectivity index (χ3v) is 2.95. The van der Waals surface area contributed by atoms with Crippen molar-refractivity contribution in [2.24, 2.45) is 0 Å². The van der Waals surface area contributed by atoms with E-state index >= 15 is 0 Å². The Hall–Kier alpha value is -1.55. The van der Waals surface area contributed by atoms with E-state index in [1.54, 1.807) is 4.58 Å². The van der Waals surface area contributed by atoms with Crippen LogP contribution in [-0.4, -0.2) is 14.1 Å². The van der Waals surface area contributed by atoms with E-state index in [4.69, 9.17) is 4.42 Å². The molecule has 0 atom stereocenters. The van der Waals surface area contributed by atoms with E-state index in [9.17, 15) is 5.11 Å². The molecule has 0 aliphatic heterocycles. The summed E-state index contributed by atoms with van der Waals surface area (Å²) in [6.45, 7) is 0. The minimum Gasteiger partial charge on any atom is -0.862 e. The highest BCUT2D eigenvalue weighted by atomic mass is 32.1.